The zero-order chi connectivity index (χ0) is 31.0. The van der Waals surface area contributed by atoms with Gasteiger partial charge in [-0.3, -0.25) is 19.2 Å². The predicted octanol–water partition coefficient (Wildman–Crippen LogP) is 6.23. The zero-order valence-electron chi connectivity index (χ0n) is 25.7. The Bertz CT molecular complexity index is 1350. The van der Waals surface area contributed by atoms with Crippen LogP contribution in [-0.4, -0.2) is 57.8 Å². The Morgan fingerprint density at radius 2 is 1.93 bits per heavy atom. The number of Topliss-reactive ketones (excluding diaryl/α,β-unsaturated/α-hetero) is 2. The Balaban J connectivity index is 1.44. The molecule has 232 valence electrons. The van der Waals surface area contributed by atoms with Crippen molar-refractivity contribution in [3.63, 3.8) is 0 Å². The summed E-state index contributed by atoms with van der Waals surface area (Å²) in [5.74, 6) is -1.37. The van der Waals surface area contributed by atoms with E-state index in [4.69, 9.17) is 21.2 Å². The highest BCUT2D eigenvalue weighted by Gasteiger charge is 2.60. The number of ketones is 2. The van der Waals surface area contributed by atoms with Crippen molar-refractivity contribution in [2.24, 2.45) is 22.4 Å². The molecule has 1 aromatic carbocycles. The van der Waals surface area contributed by atoms with Crippen LogP contribution in [0, 0.1) is 17.3 Å². The summed E-state index contributed by atoms with van der Waals surface area (Å²) >= 11 is 6.23. The lowest BCUT2D eigenvalue weighted by atomic mass is 9.86. The number of allylic oxidation sites excluding steroid dienone is 2. The highest BCUT2D eigenvalue weighted by Crippen LogP contribution is 2.57. The molecule has 3 heterocycles. The van der Waals surface area contributed by atoms with E-state index in [0.717, 1.165) is 31.2 Å². The van der Waals surface area contributed by atoms with Crippen molar-refractivity contribution in [1.82, 2.24) is 4.90 Å². The number of carbonyl (C=O) groups excluding carboxylic acids is 4. The van der Waals surface area contributed by atoms with E-state index in [2.05, 4.69) is 17.3 Å². The van der Waals surface area contributed by atoms with E-state index < -0.39 is 34.5 Å². The molecule has 1 aliphatic carbocycles. The first-order valence-electron chi connectivity index (χ1n) is 15.5. The van der Waals surface area contributed by atoms with Gasteiger partial charge in [0.05, 0.1) is 24.7 Å². The molecule has 43 heavy (non-hydrogen) atoms. The monoisotopic (exact) mass is 610 g/mol. The fraction of sp³-hybridized carbons (Fsp3) is 0.618. The molecule has 3 aliphatic heterocycles. The number of fused-ring (bicyclic) bond motifs is 2. The van der Waals surface area contributed by atoms with E-state index in [0.29, 0.717) is 30.0 Å². The Morgan fingerprint density at radius 1 is 1.14 bits per heavy atom. The number of rotatable bonds is 4. The number of esters is 1. The molecule has 1 saturated carbocycles. The fourth-order valence-electron chi connectivity index (χ4n) is 6.97. The molecule has 1 aromatic rings. The van der Waals surface area contributed by atoms with Crippen LogP contribution in [-0.2, 0) is 28.8 Å². The van der Waals surface area contributed by atoms with Gasteiger partial charge in [-0.25, -0.2) is 0 Å². The topological polar surface area (TPSA) is 102 Å². The summed E-state index contributed by atoms with van der Waals surface area (Å²) in [5.41, 5.74) is -0.717. The summed E-state index contributed by atoms with van der Waals surface area (Å²) in [6.45, 7) is 7.16. The first kappa shape index (κ1) is 31.4. The van der Waals surface area contributed by atoms with Gasteiger partial charge in [-0.05, 0) is 71.4 Å². The van der Waals surface area contributed by atoms with Crippen molar-refractivity contribution in [2.45, 2.75) is 109 Å². The van der Waals surface area contributed by atoms with Gasteiger partial charge in [-0.2, -0.15) is 0 Å². The van der Waals surface area contributed by atoms with Crippen LogP contribution in [0.15, 0.2) is 41.6 Å². The molecule has 0 aromatic heterocycles. The summed E-state index contributed by atoms with van der Waals surface area (Å²) in [6.07, 6.45) is 9.66. The summed E-state index contributed by atoms with van der Waals surface area (Å²) < 4.78 is 5.60. The van der Waals surface area contributed by atoms with Gasteiger partial charge in [-0.1, -0.05) is 53.9 Å². The van der Waals surface area contributed by atoms with Crippen LogP contribution in [0.25, 0.3) is 0 Å². The Labute approximate surface area is 259 Å². The quantitative estimate of drug-likeness (QED) is 0.296. The fourth-order valence-corrected chi connectivity index (χ4v) is 7.16. The standard InChI is InChI=1S/C34H43ClN2O6/c1-22(38)34-17-25(34)13-9-7-5-6-8-11-24(16-30(40)42-32(2,3)4)31(41)37-21-33(19-28(37)29(39)20-34)18-27(36-43-33)23-12-10-14-26(35)15-23/h9-10,12-15,24-25,28H,5-8,11,16-21H2,1-4H3/b13-9-. The molecule has 0 N–H and O–H groups in total. The van der Waals surface area contributed by atoms with Crippen molar-refractivity contribution in [2.75, 3.05) is 6.54 Å². The second kappa shape index (κ2) is 12.2. The SMILES string of the molecule is CC(=O)C12CC(=O)C3CC4(CC(c5cccc(Cl)c5)=NO4)CN3C(=O)C(CC(=O)OC(C)(C)C)CCCCC/C=C\C1C2. The molecule has 5 unspecified atom stereocenters. The third-order valence-electron chi connectivity index (χ3n) is 9.35. The average molecular weight is 611 g/mol. The van der Waals surface area contributed by atoms with Gasteiger partial charge in [-0.15, -0.1) is 0 Å². The van der Waals surface area contributed by atoms with Gasteiger partial charge < -0.3 is 14.5 Å². The first-order valence-corrected chi connectivity index (χ1v) is 15.9. The molecule has 1 spiro atoms. The first-order chi connectivity index (χ1) is 20.3. The number of oxime groups is 1. The molecule has 0 radical (unpaired) electrons. The normalized spacial score (nSPS) is 32.2. The number of ether oxygens (including phenoxy) is 1. The molecular formula is C34H43ClN2O6. The molecule has 5 rings (SSSR count). The van der Waals surface area contributed by atoms with Crippen LogP contribution >= 0.6 is 11.6 Å². The van der Waals surface area contributed by atoms with E-state index in [1.807, 2.05) is 18.2 Å². The van der Waals surface area contributed by atoms with Crippen molar-refractivity contribution < 1.29 is 28.8 Å². The van der Waals surface area contributed by atoms with E-state index in [9.17, 15) is 19.2 Å². The van der Waals surface area contributed by atoms with Gasteiger partial charge in [0.15, 0.2) is 11.4 Å². The lowest BCUT2D eigenvalue weighted by Crippen LogP contribution is -2.45. The van der Waals surface area contributed by atoms with E-state index in [1.165, 1.54) is 0 Å². The number of benzene rings is 1. The third-order valence-corrected chi connectivity index (χ3v) is 9.59. The summed E-state index contributed by atoms with van der Waals surface area (Å²) in [6, 6.07) is 6.60. The second-order valence-corrected chi connectivity index (χ2v) is 14.3. The zero-order valence-corrected chi connectivity index (χ0v) is 26.5. The second-order valence-electron chi connectivity index (χ2n) is 13.9. The van der Waals surface area contributed by atoms with Crippen LogP contribution in [0.2, 0.25) is 5.02 Å². The summed E-state index contributed by atoms with van der Waals surface area (Å²) in [7, 11) is 0. The molecule has 9 heteroatoms. The number of hydrogen-bond acceptors (Lipinski definition) is 7. The van der Waals surface area contributed by atoms with Crippen molar-refractivity contribution in [1.29, 1.82) is 0 Å². The lowest BCUT2D eigenvalue weighted by molar-refractivity contribution is -0.159. The molecular weight excluding hydrogens is 568 g/mol. The minimum Gasteiger partial charge on any atom is -0.460 e. The third kappa shape index (κ3) is 7.05. The molecule has 5 atom stereocenters. The smallest absolute Gasteiger partial charge is 0.307 e. The van der Waals surface area contributed by atoms with Crippen LogP contribution < -0.4 is 0 Å². The number of hydrogen-bond donors (Lipinski definition) is 0. The van der Waals surface area contributed by atoms with Gasteiger partial charge in [0.1, 0.15) is 11.4 Å². The molecule has 0 bridgehead atoms. The Morgan fingerprint density at radius 3 is 2.65 bits per heavy atom. The number of amides is 1. The molecule has 2 fully saturated rings. The maximum Gasteiger partial charge on any atom is 0.307 e. The van der Waals surface area contributed by atoms with Crippen molar-refractivity contribution in [3.05, 3.63) is 47.0 Å². The molecule has 1 saturated heterocycles. The predicted molar refractivity (Wildman–Crippen MR) is 164 cm³/mol. The Kier molecular flexibility index (Phi) is 8.90. The van der Waals surface area contributed by atoms with Crippen LogP contribution in [0.1, 0.15) is 97.5 Å². The maximum absolute atomic E-state index is 14.3. The van der Waals surface area contributed by atoms with Crippen LogP contribution in [0.3, 0.4) is 0 Å². The molecule has 8 nitrogen and oxygen atoms in total. The van der Waals surface area contributed by atoms with Gasteiger partial charge in [0, 0.05) is 41.2 Å². The van der Waals surface area contributed by atoms with E-state index in [1.54, 1.807) is 38.7 Å². The van der Waals surface area contributed by atoms with Gasteiger partial charge in [0.25, 0.3) is 0 Å². The van der Waals surface area contributed by atoms with E-state index >= 15 is 0 Å². The summed E-state index contributed by atoms with van der Waals surface area (Å²) in [4.78, 5) is 61.9. The van der Waals surface area contributed by atoms with Crippen LogP contribution in [0.5, 0.6) is 0 Å². The molecule has 1 amide bonds. The van der Waals surface area contributed by atoms with Crippen LogP contribution in [0.4, 0.5) is 0 Å². The van der Waals surface area contributed by atoms with Crippen molar-refractivity contribution in [3.8, 4) is 0 Å². The Hall–Kier alpha value is -3.00. The van der Waals surface area contributed by atoms with Gasteiger partial charge in [0.2, 0.25) is 5.91 Å². The largest absolute Gasteiger partial charge is 0.460 e. The van der Waals surface area contributed by atoms with E-state index in [-0.39, 0.29) is 49.2 Å². The minimum absolute atomic E-state index is 0.0110. The lowest BCUT2D eigenvalue weighted by Gasteiger charge is -2.29. The number of carbonyl (C=O) groups is 4. The number of halogens is 1. The minimum atomic E-state index is -0.873. The maximum atomic E-state index is 14.3. The number of nitrogens with zero attached hydrogens (tertiary/aromatic N) is 2. The van der Waals surface area contributed by atoms with Crippen molar-refractivity contribution >= 4 is 40.8 Å². The summed E-state index contributed by atoms with van der Waals surface area (Å²) in [5, 5.41) is 4.97. The highest BCUT2D eigenvalue weighted by atomic mass is 35.5. The highest BCUT2D eigenvalue weighted by molar-refractivity contribution is 6.31. The van der Waals surface area contributed by atoms with Gasteiger partial charge >= 0.3 is 5.97 Å². The molecule has 4 aliphatic rings. The average Bonchev–Trinajstić information content (AvgIpc) is 3.27.